The normalized spacial score (nSPS) is 12.1. The van der Waals surface area contributed by atoms with Gasteiger partial charge in [0.15, 0.2) is 0 Å². The van der Waals surface area contributed by atoms with Gasteiger partial charge in [-0.05, 0) is 18.4 Å². The van der Waals surface area contributed by atoms with Crippen LogP contribution in [0, 0.1) is 0 Å². The Kier molecular flexibility index (Phi) is 3.94. The maximum absolute atomic E-state index is 10.4. The molecule has 76 valence electrons. The minimum absolute atomic E-state index is 0.465. The molecule has 4 nitrogen and oxygen atoms in total. The van der Waals surface area contributed by atoms with Crippen molar-refractivity contribution in [2.24, 2.45) is 5.73 Å². The van der Waals surface area contributed by atoms with Crippen LogP contribution in [0.25, 0.3) is 0 Å². The molecule has 4 heteroatoms. The molecule has 1 aromatic carbocycles. The number of hydrogen-bond acceptors (Lipinski definition) is 2. The van der Waals surface area contributed by atoms with Gasteiger partial charge >= 0.3 is 6.03 Å². The van der Waals surface area contributed by atoms with Gasteiger partial charge in [0.2, 0.25) is 0 Å². The Morgan fingerprint density at radius 1 is 1.43 bits per heavy atom. The summed E-state index contributed by atoms with van der Waals surface area (Å²) in [4.78, 5) is 10.4. The molecule has 0 saturated heterocycles. The number of nitrogens with one attached hydrogen (secondary N) is 1. The van der Waals surface area contributed by atoms with E-state index in [2.05, 4.69) is 5.32 Å². The van der Waals surface area contributed by atoms with Crippen LogP contribution in [0.5, 0.6) is 0 Å². The molecule has 0 fully saturated rings. The van der Waals surface area contributed by atoms with E-state index in [4.69, 9.17) is 5.73 Å². The van der Waals surface area contributed by atoms with Crippen LogP contribution in [-0.2, 0) is 6.42 Å². The molecule has 0 aromatic heterocycles. The first kappa shape index (κ1) is 10.5. The number of urea groups is 1. The van der Waals surface area contributed by atoms with Crippen molar-refractivity contribution in [3.05, 3.63) is 35.9 Å². The van der Waals surface area contributed by atoms with Crippen molar-refractivity contribution in [3.8, 4) is 0 Å². The summed E-state index contributed by atoms with van der Waals surface area (Å²) in [6, 6.07) is 9.03. The molecular formula is C10H14N2O2. The first-order valence-electron chi connectivity index (χ1n) is 4.46. The zero-order valence-corrected chi connectivity index (χ0v) is 7.81. The number of aryl methyl sites for hydroxylation is 1. The summed E-state index contributed by atoms with van der Waals surface area (Å²) in [6.07, 6.45) is 0.308. The second-order valence-corrected chi connectivity index (χ2v) is 3.05. The highest BCUT2D eigenvalue weighted by Gasteiger charge is 2.04. The number of benzene rings is 1. The lowest BCUT2D eigenvalue weighted by Crippen LogP contribution is -2.38. The predicted molar refractivity (Wildman–Crippen MR) is 53.5 cm³/mol. The zero-order valence-electron chi connectivity index (χ0n) is 7.81. The fourth-order valence-corrected chi connectivity index (χ4v) is 1.18. The number of nitrogens with two attached hydrogens (primary N) is 1. The third kappa shape index (κ3) is 3.91. The van der Waals surface area contributed by atoms with Gasteiger partial charge in [0, 0.05) is 0 Å². The number of hydrogen-bond donors (Lipinski definition) is 3. The van der Waals surface area contributed by atoms with Gasteiger partial charge < -0.3 is 16.2 Å². The van der Waals surface area contributed by atoms with E-state index in [1.54, 1.807) is 0 Å². The van der Waals surface area contributed by atoms with Crippen LogP contribution < -0.4 is 11.1 Å². The van der Waals surface area contributed by atoms with E-state index in [0.29, 0.717) is 12.8 Å². The lowest BCUT2D eigenvalue weighted by molar-refractivity contribution is 0.135. The van der Waals surface area contributed by atoms with Crippen LogP contribution in [0.2, 0.25) is 0 Å². The molecule has 0 aliphatic heterocycles. The van der Waals surface area contributed by atoms with Gasteiger partial charge in [-0.3, -0.25) is 0 Å². The van der Waals surface area contributed by atoms with Crippen molar-refractivity contribution in [2.75, 3.05) is 0 Å². The Hall–Kier alpha value is -1.55. The molecule has 0 saturated carbocycles. The second kappa shape index (κ2) is 5.24. The van der Waals surface area contributed by atoms with E-state index in [-0.39, 0.29) is 0 Å². The number of aliphatic hydroxyl groups is 1. The van der Waals surface area contributed by atoms with E-state index < -0.39 is 12.3 Å². The van der Waals surface area contributed by atoms with Gasteiger partial charge in [-0.1, -0.05) is 30.3 Å². The van der Waals surface area contributed by atoms with Crippen LogP contribution in [0.3, 0.4) is 0 Å². The van der Waals surface area contributed by atoms with Gasteiger partial charge in [0.25, 0.3) is 0 Å². The van der Waals surface area contributed by atoms with Crippen LogP contribution >= 0.6 is 0 Å². The van der Waals surface area contributed by atoms with E-state index in [1.807, 2.05) is 30.3 Å². The summed E-state index contributed by atoms with van der Waals surface area (Å²) in [5.74, 6) is 0. The lowest BCUT2D eigenvalue weighted by Gasteiger charge is -2.10. The highest BCUT2D eigenvalue weighted by molar-refractivity contribution is 5.71. The minimum atomic E-state index is -0.868. The lowest BCUT2D eigenvalue weighted by atomic mass is 10.1. The van der Waals surface area contributed by atoms with Crippen molar-refractivity contribution in [3.63, 3.8) is 0 Å². The van der Waals surface area contributed by atoms with Crippen molar-refractivity contribution in [1.29, 1.82) is 0 Å². The van der Waals surface area contributed by atoms with E-state index in [0.717, 1.165) is 5.56 Å². The standard InChI is InChI=1S/C10H14N2O2/c11-10(14)12-9(13)7-6-8-4-2-1-3-5-8/h1-5,9,13H,6-7H2,(H3,11,12,14). The summed E-state index contributed by atoms with van der Waals surface area (Å²) in [5.41, 5.74) is 5.98. The third-order valence-corrected chi connectivity index (χ3v) is 1.86. The molecule has 1 atom stereocenters. The molecule has 1 unspecified atom stereocenters. The van der Waals surface area contributed by atoms with E-state index >= 15 is 0 Å². The molecule has 1 rings (SSSR count). The third-order valence-electron chi connectivity index (χ3n) is 1.86. The first-order valence-corrected chi connectivity index (χ1v) is 4.46. The summed E-state index contributed by atoms with van der Waals surface area (Å²) in [7, 11) is 0. The van der Waals surface area contributed by atoms with Crippen LogP contribution in [0.15, 0.2) is 30.3 Å². The van der Waals surface area contributed by atoms with Gasteiger partial charge in [0.1, 0.15) is 6.23 Å². The molecule has 0 heterocycles. The quantitative estimate of drug-likeness (QED) is 0.614. The second-order valence-electron chi connectivity index (χ2n) is 3.05. The Morgan fingerprint density at radius 3 is 2.64 bits per heavy atom. The Balaban J connectivity index is 2.30. The van der Waals surface area contributed by atoms with Crippen molar-refractivity contribution >= 4 is 6.03 Å². The SMILES string of the molecule is NC(=O)NC(O)CCc1ccccc1. The molecule has 1 aromatic rings. The van der Waals surface area contributed by atoms with Gasteiger partial charge in [0.05, 0.1) is 0 Å². The maximum Gasteiger partial charge on any atom is 0.314 e. The fraction of sp³-hybridized carbons (Fsp3) is 0.300. The number of carbonyl (C=O) groups excluding carboxylic acids is 1. The number of amides is 2. The summed E-state index contributed by atoms with van der Waals surface area (Å²) in [6.45, 7) is 0. The van der Waals surface area contributed by atoms with Gasteiger partial charge in [-0.15, -0.1) is 0 Å². The average Bonchev–Trinajstić information content (AvgIpc) is 2.15. The van der Waals surface area contributed by atoms with Gasteiger partial charge in [-0.2, -0.15) is 0 Å². The Bertz CT molecular complexity index is 287. The molecule has 0 radical (unpaired) electrons. The first-order chi connectivity index (χ1) is 6.68. The summed E-state index contributed by atoms with van der Waals surface area (Å²) < 4.78 is 0. The largest absolute Gasteiger partial charge is 0.374 e. The summed E-state index contributed by atoms with van der Waals surface area (Å²) >= 11 is 0. The number of carbonyl (C=O) groups is 1. The molecule has 14 heavy (non-hydrogen) atoms. The molecule has 0 bridgehead atoms. The van der Waals surface area contributed by atoms with E-state index in [9.17, 15) is 9.90 Å². The monoisotopic (exact) mass is 194 g/mol. The highest BCUT2D eigenvalue weighted by atomic mass is 16.3. The Labute approximate surface area is 82.7 Å². The molecular weight excluding hydrogens is 180 g/mol. The summed E-state index contributed by atoms with van der Waals surface area (Å²) in [5, 5.41) is 11.5. The van der Waals surface area contributed by atoms with Crippen LogP contribution in [-0.4, -0.2) is 17.4 Å². The Morgan fingerprint density at radius 2 is 2.07 bits per heavy atom. The number of primary amides is 1. The molecule has 2 amide bonds. The van der Waals surface area contributed by atoms with Crippen molar-refractivity contribution < 1.29 is 9.90 Å². The average molecular weight is 194 g/mol. The number of rotatable bonds is 4. The van der Waals surface area contributed by atoms with E-state index in [1.165, 1.54) is 0 Å². The number of aliphatic hydroxyl groups excluding tert-OH is 1. The van der Waals surface area contributed by atoms with Crippen LogP contribution in [0.1, 0.15) is 12.0 Å². The molecule has 0 spiro atoms. The smallest absolute Gasteiger partial charge is 0.314 e. The van der Waals surface area contributed by atoms with Crippen LogP contribution in [0.4, 0.5) is 4.79 Å². The van der Waals surface area contributed by atoms with Crippen molar-refractivity contribution in [2.45, 2.75) is 19.1 Å². The molecule has 4 N–H and O–H groups in total. The molecule has 0 aliphatic carbocycles. The maximum atomic E-state index is 10.4. The minimum Gasteiger partial charge on any atom is -0.374 e. The molecule has 0 aliphatic rings. The zero-order chi connectivity index (χ0) is 10.4. The van der Waals surface area contributed by atoms with Crippen molar-refractivity contribution in [1.82, 2.24) is 5.32 Å². The highest BCUT2D eigenvalue weighted by Crippen LogP contribution is 2.03. The predicted octanol–water partition coefficient (Wildman–Crippen LogP) is 0.606. The fourth-order valence-electron chi connectivity index (χ4n) is 1.18. The van der Waals surface area contributed by atoms with Gasteiger partial charge in [-0.25, -0.2) is 4.79 Å². The topological polar surface area (TPSA) is 75.4 Å².